The molecule has 0 bridgehead atoms. The number of rotatable bonds is 6. The number of hydrogen-bond acceptors (Lipinski definition) is 5. The highest BCUT2D eigenvalue weighted by molar-refractivity contribution is 5.92. The topological polar surface area (TPSA) is 77.2 Å². The summed E-state index contributed by atoms with van der Waals surface area (Å²) in [4.78, 5) is 16.0. The molecule has 0 aliphatic heterocycles. The van der Waals surface area contributed by atoms with E-state index < -0.39 is 0 Å². The number of esters is 1. The molecule has 0 saturated heterocycles. The van der Waals surface area contributed by atoms with Crippen LogP contribution in [0.1, 0.15) is 23.0 Å². The van der Waals surface area contributed by atoms with Gasteiger partial charge in [0, 0.05) is 24.9 Å². The van der Waals surface area contributed by atoms with Gasteiger partial charge in [-0.25, -0.2) is 4.79 Å². The van der Waals surface area contributed by atoms with Crippen LogP contribution in [-0.2, 0) is 11.2 Å². The van der Waals surface area contributed by atoms with E-state index in [2.05, 4.69) is 10.3 Å². The Kier molecular flexibility index (Phi) is 5.15. The van der Waals surface area contributed by atoms with Gasteiger partial charge in [0.05, 0.1) is 23.5 Å². The van der Waals surface area contributed by atoms with Crippen molar-refractivity contribution in [1.82, 2.24) is 4.98 Å². The molecule has 2 aromatic rings. The fraction of sp³-hybridized carbons (Fsp3) is 0.250. The van der Waals surface area contributed by atoms with E-state index in [1.807, 2.05) is 18.2 Å². The zero-order chi connectivity index (χ0) is 15.1. The smallest absolute Gasteiger partial charge is 0.338 e. The van der Waals surface area contributed by atoms with Crippen molar-refractivity contribution in [2.45, 2.75) is 13.3 Å². The number of anilines is 2. The number of hydrogen-bond donors (Lipinski definition) is 2. The first kappa shape index (κ1) is 14.8. The molecular weight excluding hydrogens is 266 g/mol. The number of nitrogens with two attached hydrogens (primary N) is 1. The molecule has 0 amide bonds. The zero-order valence-electron chi connectivity index (χ0n) is 12.0. The number of nitrogen functional groups attached to an aromatic ring is 1. The average Bonchev–Trinajstić information content (AvgIpc) is 2.50. The molecule has 0 radical (unpaired) electrons. The molecule has 2 rings (SSSR count). The Bertz CT molecular complexity index is 600. The van der Waals surface area contributed by atoms with Gasteiger partial charge in [-0.15, -0.1) is 0 Å². The second-order valence-electron chi connectivity index (χ2n) is 4.52. The zero-order valence-corrected chi connectivity index (χ0v) is 12.0. The monoisotopic (exact) mass is 285 g/mol. The van der Waals surface area contributed by atoms with Gasteiger partial charge in [0.25, 0.3) is 0 Å². The summed E-state index contributed by atoms with van der Waals surface area (Å²) in [5.41, 5.74) is 8.74. The minimum atomic E-state index is -0.342. The lowest BCUT2D eigenvalue weighted by molar-refractivity contribution is 0.0526. The summed E-state index contributed by atoms with van der Waals surface area (Å²) < 4.78 is 4.98. The van der Waals surface area contributed by atoms with Crippen molar-refractivity contribution in [2.24, 2.45) is 0 Å². The first-order valence-corrected chi connectivity index (χ1v) is 6.91. The lowest BCUT2D eigenvalue weighted by Crippen LogP contribution is -2.10. The third kappa shape index (κ3) is 4.21. The van der Waals surface area contributed by atoms with Crippen LogP contribution in [-0.4, -0.2) is 24.1 Å². The molecule has 0 aliphatic rings. The highest BCUT2D eigenvalue weighted by Gasteiger charge is 2.09. The van der Waals surface area contributed by atoms with Crippen LogP contribution in [0.5, 0.6) is 0 Å². The van der Waals surface area contributed by atoms with Crippen molar-refractivity contribution in [2.75, 3.05) is 24.2 Å². The second-order valence-corrected chi connectivity index (χ2v) is 4.52. The molecule has 0 spiro atoms. The quantitative estimate of drug-likeness (QED) is 0.630. The molecule has 0 aliphatic carbocycles. The lowest BCUT2D eigenvalue weighted by Gasteiger charge is -2.11. The minimum Gasteiger partial charge on any atom is -0.462 e. The van der Waals surface area contributed by atoms with Crippen LogP contribution < -0.4 is 11.1 Å². The van der Waals surface area contributed by atoms with Crippen LogP contribution >= 0.6 is 0 Å². The van der Waals surface area contributed by atoms with E-state index in [1.165, 1.54) is 0 Å². The van der Waals surface area contributed by atoms with Crippen molar-refractivity contribution in [3.8, 4) is 0 Å². The third-order valence-corrected chi connectivity index (χ3v) is 2.99. The summed E-state index contributed by atoms with van der Waals surface area (Å²) in [6.45, 7) is 2.82. The van der Waals surface area contributed by atoms with Gasteiger partial charge < -0.3 is 15.8 Å². The van der Waals surface area contributed by atoms with Gasteiger partial charge >= 0.3 is 5.97 Å². The standard InChI is InChI=1S/C16H19N3O2/c1-2-21-16(20)12-6-7-14(17)15(11-12)19-10-8-13-5-3-4-9-18-13/h3-7,9,11,19H,2,8,10,17H2,1H3. The SMILES string of the molecule is CCOC(=O)c1ccc(N)c(NCCc2ccccn2)c1. The Morgan fingerprint density at radius 1 is 1.33 bits per heavy atom. The second kappa shape index (κ2) is 7.28. The Labute approximate surface area is 124 Å². The van der Waals surface area contributed by atoms with E-state index in [1.54, 1.807) is 31.3 Å². The molecule has 0 fully saturated rings. The predicted molar refractivity (Wildman–Crippen MR) is 83.2 cm³/mol. The molecule has 5 heteroatoms. The van der Waals surface area contributed by atoms with Crippen molar-refractivity contribution < 1.29 is 9.53 Å². The highest BCUT2D eigenvalue weighted by Crippen LogP contribution is 2.20. The van der Waals surface area contributed by atoms with Crippen LogP contribution in [0.3, 0.4) is 0 Å². The van der Waals surface area contributed by atoms with Crippen LogP contribution in [0.2, 0.25) is 0 Å². The number of pyridine rings is 1. The predicted octanol–water partition coefficient (Wildman–Crippen LogP) is 2.50. The van der Waals surface area contributed by atoms with Crippen LogP contribution in [0.25, 0.3) is 0 Å². The molecule has 3 N–H and O–H groups in total. The van der Waals surface area contributed by atoms with Crippen molar-refractivity contribution >= 4 is 17.3 Å². The Morgan fingerprint density at radius 3 is 2.90 bits per heavy atom. The number of benzene rings is 1. The Balaban J connectivity index is 1.99. The van der Waals surface area contributed by atoms with Crippen molar-refractivity contribution in [1.29, 1.82) is 0 Å². The molecule has 1 heterocycles. The summed E-state index contributed by atoms with van der Waals surface area (Å²) in [5.74, 6) is -0.342. The molecule has 0 saturated carbocycles. The summed E-state index contributed by atoms with van der Waals surface area (Å²) >= 11 is 0. The van der Waals surface area contributed by atoms with Gasteiger partial charge in [-0.05, 0) is 37.3 Å². The van der Waals surface area contributed by atoms with E-state index >= 15 is 0 Å². The van der Waals surface area contributed by atoms with Crippen molar-refractivity contribution in [3.05, 3.63) is 53.9 Å². The fourth-order valence-electron chi connectivity index (χ4n) is 1.92. The van der Waals surface area contributed by atoms with E-state index in [9.17, 15) is 4.79 Å². The molecular formula is C16H19N3O2. The Morgan fingerprint density at radius 2 is 2.19 bits per heavy atom. The largest absolute Gasteiger partial charge is 0.462 e. The van der Waals surface area contributed by atoms with Gasteiger partial charge in [0.1, 0.15) is 0 Å². The molecule has 110 valence electrons. The maximum atomic E-state index is 11.7. The van der Waals surface area contributed by atoms with Crippen molar-refractivity contribution in [3.63, 3.8) is 0 Å². The van der Waals surface area contributed by atoms with Gasteiger partial charge in [-0.1, -0.05) is 6.07 Å². The summed E-state index contributed by atoms with van der Waals surface area (Å²) in [6, 6.07) is 10.9. The number of carbonyl (C=O) groups excluding carboxylic acids is 1. The maximum Gasteiger partial charge on any atom is 0.338 e. The van der Waals surface area contributed by atoms with E-state index in [0.29, 0.717) is 24.4 Å². The normalized spacial score (nSPS) is 10.1. The minimum absolute atomic E-state index is 0.342. The van der Waals surface area contributed by atoms with Crippen LogP contribution in [0.4, 0.5) is 11.4 Å². The summed E-state index contributed by atoms with van der Waals surface area (Å²) in [6.07, 6.45) is 2.55. The first-order chi connectivity index (χ1) is 10.2. The van der Waals surface area contributed by atoms with E-state index in [-0.39, 0.29) is 5.97 Å². The molecule has 5 nitrogen and oxygen atoms in total. The average molecular weight is 285 g/mol. The summed E-state index contributed by atoms with van der Waals surface area (Å²) in [7, 11) is 0. The van der Waals surface area contributed by atoms with Gasteiger partial charge in [0.15, 0.2) is 0 Å². The number of nitrogens with zero attached hydrogens (tertiary/aromatic N) is 1. The highest BCUT2D eigenvalue weighted by atomic mass is 16.5. The number of ether oxygens (including phenoxy) is 1. The Hall–Kier alpha value is -2.56. The van der Waals surface area contributed by atoms with Gasteiger partial charge in [-0.2, -0.15) is 0 Å². The fourth-order valence-corrected chi connectivity index (χ4v) is 1.92. The van der Waals surface area contributed by atoms with Crippen LogP contribution in [0.15, 0.2) is 42.6 Å². The van der Waals surface area contributed by atoms with Crippen LogP contribution in [0, 0.1) is 0 Å². The molecule has 1 aromatic carbocycles. The number of nitrogens with one attached hydrogen (secondary N) is 1. The summed E-state index contributed by atoms with van der Waals surface area (Å²) in [5, 5.41) is 3.23. The maximum absolute atomic E-state index is 11.7. The molecule has 0 unspecified atom stereocenters. The van der Waals surface area contributed by atoms with E-state index in [0.717, 1.165) is 17.8 Å². The number of aromatic nitrogens is 1. The molecule has 1 aromatic heterocycles. The van der Waals surface area contributed by atoms with E-state index in [4.69, 9.17) is 10.5 Å². The third-order valence-electron chi connectivity index (χ3n) is 2.99. The van der Waals surface area contributed by atoms with Gasteiger partial charge in [-0.3, -0.25) is 4.98 Å². The first-order valence-electron chi connectivity index (χ1n) is 6.91. The molecule has 0 atom stereocenters. The molecule has 21 heavy (non-hydrogen) atoms. The van der Waals surface area contributed by atoms with Gasteiger partial charge in [0.2, 0.25) is 0 Å². The number of carbonyl (C=O) groups is 1. The lowest BCUT2D eigenvalue weighted by atomic mass is 10.1.